The number of halogens is 1. The van der Waals surface area contributed by atoms with Crippen LogP contribution in [0.2, 0.25) is 5.02 Å². The van der Waals surface area contributed by atoms with Crippen LogP contribution in [-0.4, -0.2) is 123 Å². The Morgan fingerprint density at radius 1 is 1.00 bits per heavy atom. The Kier molecular flexibility index (Phi) is 16.7. The molecule has 4 atom stereocenters. The van der Waals surface area contributed by atoms with Crippen molar-refractivity contribution in [2.24, 2.45) is 0 Å². The van der Waals surface area contributed by atoms with Gasteiger partial charge in [0.05, 0.1) is 50.7 Å². The number of rotatable bonds is 21. The number of hydrogen-bond donors (Lipinski definition) is 1. The molecule has 2 fully saturated rings. The number of aliphatic hydroxyl groups is 1. The van der Waals surface area contributed by atoms with Gasteiger partial charge in [0.1, 0.15) is 49.1 Å². The Balaban J connectivity index is 1.18. The molecule has 0 aromatic heterocycles. The van der Waals surface area contributed by atoms with Gasteiger partial charge in [0.2, 0.25) is 0 Å². The van der Waals surface area contributed by atoms with Gasteiger partial charge < -0.3 is 53.0 Å². The third kappa shape index (κ3) is 13.4. The molecule has 3 aliphatic rings. The van der Waals surface area contributed by atoms with Crippen molar-refractivity contribution in [2.75, 3.05) is 64.6 Å². The molecule has 19 heteroatoms. The Hall–Kier alpha value is -4.36. The van der Waals surface area contributed by atoms with Crippen LogP contribution in [0, 0.1) is 20.2 Å². The number of β-amino-alcohol motifs (C(OH)–C–C–N with tert-alkyl or cyclic N) is 1. The van der Waals surface area contributed by atoms with E-state index < -0.39 is 47.3 Å². The van der Waals surface area contributed by atoms with Gasteiger partial charge in [-0.05, 0) is 93.3 Å². The Morgan fingerprint density at radius 3 is 2.50 bits per heavy atom. The van der Waals surface area contributed by atoms with Crippen LogP contribution in [0.4, 0.5) is 10.5 Å². The van der Waals surface area contributed by atoms with E-state index in [9.17, 15) is 30.1 Å². The van der Waals surface area contributed by atoms with Crippen molar-refractivity contribution in [3.05, 3.63) is 73.3 Å². The molecule has 1 amide bonds. The van der Waals surface area contributed by atoms with Crippen LogP contribution in [0.1, 0.15) is 56.9 Å². The fraction of sp³-hybridized carbons (Fsp3) is 0.649. The SMILES string of the molecule is COCCCN1CCOc2ccc(COC3CN(C(=O)OCCCCC(CO[N+](=O)[O-])O[N+](=O)[O-])CC(O)C3OC3CCC(Oc4ccc(Cl)cc4)CC3)cc21. The van der Waals surface area contributed by atoms with E-state index >= 15 is 0 Å². The summed E-state index contributed by atoms with van der Waals surface area (Å²) in [6.07, 6.45) is 0.0871. The van der Waals surface area contributed by atoms with Gasteiger partial charge in [-0.2, -0.15) is 0 Å². The summed E-state index contributed by atoms with van der Waals surface area (Å²) in [7, 11) is 1.68. The molecule has 2 aromatic carbocycles. The first kappa shape index (κ1) is 42.8. The van der Waals surface area contributed by atoms with E-state index in [0.717, 1.165) is 67.9 Å². The summed E-state index contributed by atoms with van der Waals surface area (Å²) in [5.74, 6) is 1.55. The molecule has 0 radical (unpaired) electrons. The monoisotopic (exact) mass is 810 g/mol. The Labute approximate surface area is 329 Å². The number of fused-ring (bicyclic) bond motifs is 1. The van der Waals surface area contributed by atoms with Crippen LogP contribution in [0.15, 0.2) is 42.5 Å². The molecule has 0 spiro atoms. The fourth-order valence-corrected chi connectivity index (χ4v) is 7.19. The second-order valence-corrected chi connectivity index (χ2v) is 14.4. The van der Waals surface area contributed by atoms with Gasteiger partial charge in [-0.25, -0.2) is 4.79 Å². The zero-order valence-electron chi connectivity index (χ0n) is 31.4. The van der Waals surface area contributed by atoms with E-state index in [1.807, 2.05) is 30.3 Å². The lowest BCUT2D eigenvalue weighted by Crippen LogP contribution is -2.59. The summed E-state index contributed by atoms with van der Waals surface area (Å²) in [4.78, 5) is 46.8. The number of anilines is 1. The number of hydrogen-bond acceptors (Lipinski definition) is 15. The normalized spacial score (nSPS) is 22.7. The van der Waals surface area contributed by atoms with Gasteiger partial charge >= 0.3 is 6.09 Å². The average Bonchev–Trinajstić information content (AvgIpc) is 3.18. The van der Waals surface area contributed by atoms with Gasteiger partial charge in [-0.15, -0.1) is 20.2 Å². The molecule has 0 bridgehead atoms. The van der Waals surface area contributed by atoms with Crippen molar-refractivity contribution >= 4 is 23.4 Å². The average molecular weight is 811 g/mol. The van der Waals surface area contributed by atoms with Crippen molar-refractivity contribution in [2.45, 2.75) is 94.6 Å². The van der Waals surface area contributed by atoms with Gasteiger partial charge in [-0.1, -0.05) is 17.7 Å². The van der Waals surface area contributed by atoms with E-state index in [0.29, 0.717) is 31.1 Å². The summed E-state index contributed by atoms with van der Waals surface area (Å²) in [5.41, 5.74) is 1.86. The highest BCUT2D eigenvalue weighted by atomic mass is 35.5. The molecule has 310 valence electrons. The number of ether oxygens (including phenoxy) is 6. The van der Waals surface area contributed by atoms with Crippen LogP contribution in [-0.2, 0) is 35.2 Å². The molecule has 2 aromatic rings. The molecule has 2 heterocycles. The predicted molar refractivity (Wildman–Crippen MR) is 200 cm³/mol. The smallest absolute Gasteiger partial charge is 0.409 e. The Morgan fingerprint density at radius 2 is 1.77 bits per heavy atom. The molecule has 1 N–H and O–H groups in total. The lowest BCUT2D eigenvalue weighted by molar-refractivity contribution is -0.790. The number of carbonyl (C=O) groups excluding carboxylic acids is 1. The molecular formula is C37H51ClN4O14. The van der Waals surface area contributed by atoms with Gasteiger partial charge in [0.15, 0.2) is 0 Å². The number of unbranched alkanes of at least 4 members (excludes halogenated alkanes) is 1. The maximum atomic E-state index is 13.2. The maximum Gasteiger partial charge on any atom is 0.409 e. The third-order valence-corrected chi connectivity index (χ3v) is 10.1. The van der Waals surface area contributed by atoms with Crippen LogP contribution < -0.4 is 14.4 Å². The predicted octanol–water partition coefficient (Wildman–Crippen LogP) is 5.00. The number of piperidine rings is 1. The van der Waals surface area contributed by atoms with Crippen molar-refractivity contribution in [1.82, 2.24) is 4.90 Å². The minimum absolute atomic E-state index is 0.0209. The van der Waals surface area contributed by atoms with E-state index in [1.165, 1.54) is 4.90 Å². The van der Waals surface area contributed by atoms with Crippen molar-refractivity contribution in [1.29, 1.82) is 0 Å². The molecule has 5 rings (SSSR count). The number of nitrogens with zero attached hydrogens (tertiary/aromatic N) is 4. The quantitative estimate of drug-likeness (QED) is 0.100. The van der Waals surface area contributed by atoms with Crippen LogP contribution >= 0.6 is 11.6 Å². The van der Waals surface area contributed by atoms with Crippen LogP contribution in [0.5, 0.6) is 11.5 Å². The summed E-state index contributed by atoms with van der Waals surface area (Å²) >= 11 is 6.02. The van der Waals surface area contributed by atoms with Crippen LogP contribution in [0.3, 0.4) is 0 Å². The topological polar surface area (TPSA) is 204 Å². The largest absolute Gasteiger partial charge is 0.490 e. The molecule has 2 aliphatic heterocycles. The first-order valence-electron chi connectivity index (χ1n) is 18.9. The van der Waals surface area contributed by atoms with E-state index in [1.54, 1.807) is 19.2 Å². The van der Waals surface area contributed by atoms with Crippen molar-refractivity contribution in [3.8, 4) is 11.5 Å². The molecule has 1 saturated carbocycles. The molecule has 4 unspecified atom stereocenters. The number of amides is 1. The first-order chi connectivity index (χ1) is 27.1. The Bertz CT molecular complexity index is 1550. The highest BCUT2D eigenvalue weighted by molar-refractivity contribution is 6.30. The zero-order chi connectivity index (χ0) is 39.9. The minimum Gasteiger partial charge on any atom is -0.490 e. The molecule has 18 nitrogen and oxygen atoms in total. The highest BCUT2D eigenvalue weighted by Crippen LogP contribution is 2.34. The first-order valence-corrected chi connectivity index (χ1v) is 19.3. The lowest BCUT2D eigenvalue weighted by atomic mass is 9.93. The molecular weight excluding hydrogens is 760 g/mol. The third-order valence-electron chi connectivity index (χ3n) is 9.87. The summed E-state index contributed by atoms with van der Waals surface area (Å²) in [5, 5.41) is 31.2. The summed E-state index contributed by atoms with van der Waals surface area (Å²) < 4.78 is 35.8. The second-order valence-electron chi connectivity index (χ2n) is 14.0. The van der Waals surface area contributed by atoms with Gasteiger partial charge in [0, 0.05) is 25.3 Å². The van der Waals surface area contributed by atoms with Crippen LogP contribution in [0.25, 0.3) is 0 Å². The van der Waals surface area contributed by atoms with Gasteiger partial charge in [0.25, 0.3) is 10.2 Å². The fourth-order valence-electron chi connectivity index (χ4n) is 7.06. The van der Waals surface area contributed by atoms with Crippen molar-refractivity contribution in [3.63, 3.8) is 0 Å². The van der Waals surface area contributed by atoms with E-state index in [-0.39, 0.29) is 44.9 Å². The molecule has 56 heavy (non-hydrogen) atoms. The zero-order valence-corrected chi connectivity index (χ0v) is 32.2. The number of aliphatic hydroxyl groups excluding tert-OH is 1. The van der Waals surface area contributed by atoms with E-state index in [2.05, 4.69) is 14.6 Å². The molecule has 1 saturated heterocycles. The highest BCUT2D eigenvalue weighted by Gasteiger charge is 2.42. The lowest BCUT2D eigenvalue weighted by Gasteiger charge is -2.43. The standard InChI is InChI=1S/C37H51ClN4O14/c1-49-18-4-16-39-17-20-50-34-15-6-26(21-32(34)39)24-52-35-23-40(37(44)51-19-3-2-5-31(56-42(47)48)25-53-41(45)46)22-33(43)36(35)55-30-13-11-29(12-14-30)54-28-9-7-27(38)8-10-28/h6-10,15,21,29-31,33,35-36,43H,2-5,11-14,16-20,22-25H2,1H3. The molecule has 1 aliphatic carbocycles. The minimum atomic E-state index is -1.15. The second kappa shape index (κ2) is 21.8. The number of carbonyl (C=O) groups is 1. The van der Waals surface area contributed by atoms with Crippen molar-refractivity contribution < 1.29 is 58.2 Å². The maximum absolute atomic E-state index is 13.2. The van der Waals surface area contributed by atoms with Gasteiger partial charge in [-0.3, -0.25) is 0 Å². The summed E-state index contributed by atoms with van der Waals surface area (Å²) in [6.45, 7) is 2.42. The number of likely N-dealkylation sites (tertiary alicyclic amines) is 1. The summed E-state index contributed by atoms with van der Waals surface area (Å²) in [6, 6.07) is 13.2. The number of methoxy groups -OCH3 is 1. The van der Waals surface area contributed by atoms with E-state index in [4.69, 9.17) is 40.0 Å². The number of benzene rings is 2.